The smallest absolute Gasteiger partial charge is 0.291 e. The highest BCUT2D eigenvalue weighted by Gasteiger charge is 2.32. The summed E-state index contributed by atoms with van der Waals surface area (Å²) in [6.07, 6.45) is 0. The number of nitrogens with two attached hydrogens (primary N) is 1. The van der Waals surface area contributed by atoms with Crippen molar-refractivity contribution in [1.29, 1.82) is 0 Å². The van der Waals surface area contributed by atoms with Gasteiger partial charge in [-0.2, -0.15) is 4.31 Å². The minimum absolute atomic E-state index is 0.128. The van der Waals surface area contributed by atoms with Crippen molar-refractivity contribution in [3.05, 3.63) is 28.3 Å². The number of likely N-dealkylation sites (N-methyl/N-ethyl adjacent to an activating group) is 1. The SMILES string of the molecule is COCC(C)N(C)S(=O)(=O)c1ccc(N)cc1[N+](=O)[O-]. The summed E-state index contributed by atoms with van der Waals surface area (Å²) in [6.45, 7) is 1.82. The van der Waals surface area contributed by atoms with Gasteiger partial charge in [-0.25, -0.2) is 8.42 Å². The fourth-order valence-corrected chi connectivity index (χ4v) is 3.12. The average molecular weight is 303 g/mol. The number of sulfonamides is 1. The molecular formula is C11H17N3O5S. The van der Waals surface area contributed by atoms with Crippen molar-refractivity contribution in [2.45, 2.75) is 17.9 Å². The van der Waals surface area contributed by atoms with Crippen LogP contribution in [0.1, 0.15) is 6.92 Å². The first-order chi connectivity index (χ1) is 9.21. The van der Waals surface area contributed by atoms with Crippen molar-refractivity contribution >= 4 is 21.4 Å². The first kappa shape index (κ1) is 16.3. The molecule has 0 fully saturated rings. The summed E-state index contributed by atoms with van der Waals surface area (Å²) < 4.78 is 30.7. The van der Waals surface area contributed by atoms with Crippen LogP contribution in [0.15, 0.2) is 23.1 Å². The Morgan fingerprint density at radius 1 is 1.50 bits per heavy atom. The highest BCUT2D eigenvalue weighted by Crippen LogP contribution is 2.28. The van der Waals surface area contributed by atoms with E-state index in [0.717, 1.165) is 16.4 Å². The summed E-state index contributed by atoms with van der Waals surface area (Å²) >= 11 is 0. The van der Waals surface area contributed by atoms with Crippen LogP contribution in [0, 0.1) is 10.1 Å². The summed E-state index contributed by atoms with van der Waals surface area (Å²) in [5, 5.41) is 11.0. The standard InChI is InChI=1S/C11H17N3O5S/c1-8(7-19-3)13(2)20(17,18)11-5-4-9(12)6-10(11)14(15)16/h4-6,8H,7,12H2,1-3H3. The van der Waals surface area contributed by atoms with E-state index in [2.05, 4.69) is 0 Å². The summed E-state index contributed by atoms with van der Waals surface area (Å²) in [6, 6.07) is 3.03. The Morgan fingerprint density at radius 3 is 2.60 bits per heavy atom. The van der Waals surface area contributed by atoms with Gasteiger partial charge in [0.25, 0.3) is 5.69 Å². The minimum Gasteiger partial charge on any atom is -0.399 e. The van der Waals surface area contributed by atoms with Gasteiger partial charge in [0, 0.05) is 32.0 Å². The highest BCUT2D eigenvalue weighted by molar-refractivity contribution is 7.89. The van der Waals surface area contributed by atoms with Crippen molar-refractivity contribution in [3.63, 3.8) is 0 Å². The molecule has 0 saturated carbocycles. The lowest BCUT2D eigenvalue weighted by Gasteiger charge is -2.23. The predicted octanol–water partition coefficient (Wildman–Crippen LogP) is 0.832. The molecule has 0 bridgehead atoms. The van der Waals surface area contributed by atoms with E-state index in [1.54, 1.807) is 6.92 Å². The second-order valence-corrected chi connectivity index (χ2v) is 6.28. The van der Waals surface area contributed by atoms with Gasteiger partial charge in [-0.3, -0.25) is 10.1 Å². The predicted molar refractivity (Wildman–Crippen MR) is 73.8 cm³/mol. The Balaban J connectivity index is 3.32. The third kappa shape index (κ3) is 3.24. The Bertz CT molecular complexity index is 602. The zero-order valence-corrected chi connectivity index (χ0v) is 12.3. The summed E-state index contributed by atoms with van der Waals surface area (Å²) in [5.41, 5.74) is 5.05. The third-order valence-corrected chi connectivity index (χ3v) is 4.88. The summed E-state index contributed by atoms with van der Waals surface area (Å²) in [5.74, 6) is 0. The van der Waals surface area contributed by atoms with Gasteiger partial charge >= 0.3 is 0 Å². The topological polar surface area (TPSA) is 116 Å². The Labute approximate surface area is 117 Å². The van der Waals surface area contributed by atoms with Crippen molar-refractivity contribution in [2.75, 3.05) is 26.5 Å². The number of nitro groups is 1. The zero-order valence-electron chi connectivity index (χ0n) is 11.4. The largest absolute Gasteiger partial charge is 0.399 e. The van der Waals surface area contributed by atoms with Crippen molar-refractivity contribution in [1.82, 2.24) is 4.31 Å². The number of nitro benzene ring substituents is 1. The molecule has 0 aliphatic carbocycles. The van der Waals surface area contributed by atoms with Crippen molar-refractivity contribution < 1.29 is 18.1 Å². The number of nitrogens with zero attached hydrogens (tertiary/aromatic N) is 2. The van der Waals surface area contributed by atoms with E-state index in [1.807, 2.05) is 0 Å². The number of rotatable bonds is 6. The number of ether oxygens (including phenoxy) is 1. The van der Waals surface area contributed by atoms with E-state index in [1.165, 1.54) is 20.2 Å². The normalized spacial score (nSPS) is 13.4. The van der Waals surface area contributed by atoms with Crippen LogP contribution in [-0.4, -0.2) is 44.5 Å². The first-order valence-corrected chi connectivity index (χ1v) is 7.16. The number of methoxy groups -OCH3 is 1. The Hall–Kier alpha value is -1.71. The maximum Gasteiger partial charge on any atom is 0.291 e. The molecule has 8 nitrogen and oxygen atoms in total. The number of benzene rings is 1. The van der Waals surface area contributed by atoms with Gasteiger partial charge in [0.05, 0.1) is 11.5 Å². The molecule has 1 unspecified atom stereocenters. The van der Waals surface area contributed by atoms with Crippen LogP contribution < -0.4 is 5.73 Å². The average Bonchev–Trinajstić information content (AvgIpc) is 2.37. The van der Waals surface area contributed by atoms with Crippen LogP contribution in [0.3, 0.4) is 0 Å². The Morgan fingerprint density at radius 2 is 2.10 bits per heavy atom. The first-order valence-electron chi connectivity index (χ1n) is 5.72. The number of anilines is 1. The lowest BCUT2D eigenvalue weighted by molar-refractivity contribution is -0.387. The van der Waals surface area contributed by atoms with Gasteiger partial charge in [-0.15, -0.1) is 0 Å². The molecule has 0 spiro atoms. The maximum atomic E-state index is 12.4. The van der Waals surface area contributed by atoms with Crippen LogP contribution in [0.25, 0.3) is 0 Å². The van der Waals surface area contributed by atoms with E-state index in [4.69, 9.17) is 10.5 Å². The molecule has 0 amide bonds. The molecule has 0 radical (unpaired) electrons. The Kier molecular flexibility index (Phi) is 5.03. The van der Waals surface area contributed by atoms with Gasteiger partial charge in [-0.1, -0.05) is 0 Å². The quantitative estimate of drug-likeness (QED) is 0.473. The van der Waals surface area contributed by atoms with Crippen molar-refractivity contribution in [3.8, 4) is 0 Å². The van der Waals surface area contributed by atoms with E-state index in [0.29, 0.717) is 0 Å². The van der Waals surface area contributed by atoms with Crippen LogP contribution in [0.5, 0.6) is 0 Å². The lowest BCUT2D eigenvalue weighted by Crippen LogP contribution is -2.38. The van der Waals surface area contributed by atoms with E-state index in [-0.39, 0.29) is 17.2 Å². The van der Waals surface area contributed by atoms with Crippen molar-refractivity contribution in [2.24, 2.45) is 0 Å². The molecular weight excluding hydrogens is 286 g/mol. The zero-order chi connectivity index (χ0) is 15.5. The summed E-state index contributed by atoms with van der Waals surface area (Å²) in [7, 11) is -1.20. The van der Waals surface area contributed by atoms with Gasteiger partial charge in [-0.05, 0) is 19.1 Å². The number of nitrogen functional groups attached to an aromatic ring is 1. The molecule has 20 heavy (non-hydrogen) atoms. The molecule has 0 aliphatic rings. The van der Waals surface area contributed by atoms with Gasteiger partial charge in [0.15, 0.2) is 4.90 Å². The second kappa shape index (κ2) is 6.16. The second-order valence-electron chi connectivity index (χ2n) is 4.31. The number of hydrogen-bond acceptors (Lipinski definition) is 6. The molecule has 112 valence electrons. The number of hydrogen-bond donors (Lipinski definition) is 1. The van der Waals surface area contributed by atoms with Crippen LogP contribution in [-0.2, 0) is 14.8 Å². The van der Waals surface area contributed by atoms with Crippen LogP contribution in [0.4, 0.5) is 11.4 Å². The molecule has 0 aromatic heterocycles. The fraction of sp³-hybridized carbons (Fsp3) is 0.455. The minimum atomic E-state index is -4.00. The van der Waals surface area contributed by atoms with Gasteiger partial charge < -0.3 is 10.5 Å². The third-order valence-electron chi connectivity index (χ3n) is 2.87. The van der Waals surface area contributed by atoms with E-state index in [9.17, 15) is 18.5 Å². The molecule has 0 heterocycles. The van der Waals surface area contributed by atoms with E-state index >= 15 is 0 Å². The van der Waals surface area contributed by atoms with Crippen LogP contribution >= 0.6 is 0 Å². The van der Waals surface area contributed by atoms with Gasteiger partial charge in [0.2, 0.25) is 10.0 Å². The molecule has 1 aromatic carbocycles. The van der Waals surface area contributed by atoms with Gasteiger partial charge in [0.1, 0.15) is 0 Å². The monoisotopic (exact) mass is 303 g/mol. The molecule has 1 atom stereocenters. The molecule has 1 aromatic rings. The fourth-order valence-electron chi connectivity index (χ4n) is 1.63. The molecule has 9 heteroatoms. The van der Waals surface area contributed by atoms with E-state index < -0.39 is 26.7 Å². The molecule has 0 saturated heterocycles. The van der Waals surface area contributed by atoms with Crippen LogP contribution in [0.2, 0.25) is 0 Å². The molecule has 2 N–H and O–H groups in total. The highest BCUT2D eigenvalue weighted by atomic mass is 32.2. The summed E-state index contributed by atoms with van der Waals surface area (Å²) in [4.78, 5) is 9.83. The lowest BCUT2D eigenvalue weighted by atomic mass is 10.3. The molecule has 0 aliphatic heterocycles. The molecule has 1 rings (SSSR count). The maximum absolute atomic E-state index is 12.4.